The Kier molecular flexibility index (Phi) is 3.67. The number of nitrogens with zero attached hydrogens (tertiary/aromatic N) is 2. The Hall–Kier alpha value is -1.09. The number of pyridine rings is 1. The average molecular weight is 253 g/mol. The highest BCUT2D eigenvalue weighted by molar-refractivity contribution is 6.32. The molecular formula is C13H17ClN2O. The molecule has 2 rings (SSSR count). The third-order valence-corrected chi connectivity index (χ3v) is 3.50. The summed E-state index contributed by atoms with van der Waals surface area (Å²) in [6.45, 7) is 6.34. The van der Waals surface area contributed by atoms with E-state index in [0.717, 1.165) is 25.1 Å². The average Bonchev–Trinajstić information content (AvgIpc) is 2.27. The predicted octanol–water partition coefficient (Wildman–Crippen LogP) is 3.03. The molecule has 1 aromatic rings. The first-order valence-corrected chi connectivity index (χ1v) is 6.34. The molecule has 0 spiro atoms. The molecule has 1 aliphatic rings. The molecule has 1 aliphatic heterocycles. The van der Waals surface area contributed by atoms with Crippen molar-refractivity contribution in [1.29, 1.82) is 0 Å². The molecule has 17 heavy (non-hydrogen) atoms. The zero-order chi connectivity index (χ0) is 12.4. The Morgan fingerprint density at radius 1 is 1.41 bits per heavy atom. The molecule has 2 atom stereocenters. The van der Waals surface area contributed by atoms with Gasteiger partial charge in [0.25, 0.3) is 0 Å². The fraction of sp³-hybridized carbons (Fsp3) is 0.538. The monoisotopic (exact) mass is 252 g/mol. The Labute approximate surface area is 107 Å². The highest BCUT2D eigenvalue weighted by atomic mass is 35.5. The number of aromatic nitrogens is 1. The van der Waals surface area contributed by atoms with Crippen molar-refractivity contribution in [1.82, 2.24) is 4.98 Å². The smallest absolute Gasteiger partial charge is 0.153 e. The molecule has 1 aromatic heterocycles. The van der Waals surface area contributed by atoms with Crippen molar-refractivity contribution in [3.8, 4) is 0 Å². The molecule has 0 aromatic carbocycles. The normalized spacial score (nSPS) is 24.8. The van der Waals surface area contributed by atoms with Crippen LogP contribution in [0.4, 0.5) is 5.69 Å². The molecule has 0 saturated carbocycles. The minimum Gasteiger partial charge on any atom is -0.368 e. The van der Waals surface area contributed by atoms with Gasteiger partial charge < -0.3 is 4.90 Å². The number of carbonyl (C=O) groups excluding carboxylic acids is 1. The van der Waals surface area contributed by atoms with Gasteiger partial charge in [-0.05, 0) is 24.3 Å². The number of halogens is 1. The summed E-state index contributed by atoms with van der Waals surface area (Å²) in [4.78, 5) is 17.3. The van der Waals surface area contributed by atoms with Gasteiger partial charge in [-0.3, -0.25) is 4.79 Å². The van der Waals surface area contributed by atoms with Crippen molar-refractivity contribution in [2.24, 2.45) is 11.8 Å². The van der Waals surface area contributed by atoms with Crippen LogP contribution in [0.15, 0.2) is 12.3 Å². The number of carbonyl (C=O) groups is 1. The third kappa shape index (κ3) is 2.60. The third-order valence-electron chi connectivity index (χ3n) is 3.22. The second kappa shape index (κ2) is 5.05. The van der Waals surface area contributed by atoms with Gasteiger partial charge in [-0.15, -0.1) is 0 Å². The molecule has 0 bridgehead atoms. The van der Waals surface area contributed by atoms with Gasteiger partial charge in [-0.2, -0.15) is 0 Å². The van der Waals surface area contributed by atoms with Crippen LogP contribution in [0.3, 0.4) is 0 Å². The lowest BCUT2D eigenvalue weighted by Gasteiger charge is -2.37. The van der Waals surface area contributed by atoms with Gasteiger partial charge in [0, 0.05) is 24.8 Å². The summed E-state index contributed by atoms with van der Waals surface area (Å²) in [6, 6.07) is 1.72. The second-order valence-corrected chi connectivity index (χ2v) is 5.37. The zero-order valence-electron chi connectivity index (χ0n) is 10.2. The SMILES string of the molecule is CC1CC(C)CN(c2c(C=O)ccnc2Cl)C1. The Bertz CT molecular complexity index is 412. The van der Waals surface area contributed by atoms with Gasteiger partial charge in [-0.1, -0.05) is 25.4 Å². The number of hydrogen-bond donors (Lipinski definition) is 0. The van der Waals surface area contributed by atoms with E-state index in [9.17, 15) is 4.79 Å². The predicted molar refractivity (Wildman–Crippen MR) is 69.8 cm³/mol. The zero-order valence-corrected chi connectivity index (χ0v) is 10.9. The van der Waals surface area contributed by atoms with Gasteiger partial charge in [0.05, 0.1) is 5.69 Å². The van der Waals surface area contributed by atoms with Gasteiger partial charge in [0.2, 0.25) is 0 Å². The number of piperidine rings is 1. The van der Waals surface area contributed by atoms with E-state index in [4.69, 9.17) is 11.6 Å². The fourth-order valence-electron chi connectivity index (χ4n) is 2.70. The summed E-state index contributed by atoms with van der Waals surface area (Å²) in [5.74, 6) is 1.24. The topological polar surface area (TPSA) is 33.2 Å². The van der Waals surface area contributed by atoms with E-state index in [1.165, 1.54) is 6.42 Å². The highest BCUT2D eigenvalue weighted by Crippen LogP contribution is 2.32. The molecule has 0 N–H and O–H groups in total. The van der Waals surface area contributed by atoms with Crippen LogP contribution < -0.4 is 4.90 Å². The molecule has 0 aliphatic carbocycles. The number of rotatable bonds is 2. The number of anilines is 1. The van der Waals surface area contributed by atoms with Gasteiger partial charge in [-0.25, -0.2) is 4.98 Å². The summed E-state index contributed by atoms with van der Waals surface area (Å²) < 4.78 is 0. The minimum absolute atomic E-state index is 0.427. The van der Waals surface area contributed by atoms with Gasteiger partial charge >= 0.3 is 0 Å². The fourth-order valence-corrected chi connectivity index (χ4v) is 2.98. The molecule has 2 heterocycles. The van der Waals surface area contributed by atoms with Crippen LogP contribution in [0.25, 0.3) is 0 Å². The molecule has 4 heteroatoms. The number of aldehydes is 1. The highest BCUT2D eigenvalue weighted by Gasteiger charge is 2.25. The molecule has 92 valence electrons. The summed E-state index contributed by atoms with van der Waals surface area (Å²) in [7, 11) is 0. The number of hydrogen-bond acceptors (Lipinski definition) is 3. The maximum Gasteiger partial charge on any atom is 0.153 e. The van der Waals surface area contributed by atoms with Crippen LogP contribution in [-0.4, -0.2) is 24.4 Å². The standard InChI is InChI=1S/C13H17ClN2O/c1-9-5-10(2)7-16(6-9)12-11(8-17)3-4-15-13(12)14/h3-4,8-10H,5-7H2,1-2H3. The lowest BCUT2D eigenvalue weighted by Crippen LogP contribution is -2.39. The molecule has 3 nitrogen and oxygen atoms in total. The molecule has 2 unspecified atom stereocenters. The van der Waals surface area contributed by atoms with Crippen LogP contribution in [-0.2, 0) is 0 Å². The quantitative estimate of drug-likeness (QED) is 0.599. The van der Waals surface area contributed by atoms with E-state index < -0.39 is 0 Å². The summed E-state index contributed by atoms with van der Waals surface area (Å²) in [5.41, 5.74) is 1.42. The van der Waals surface area contributed by atoms with E-state index in [-0.39, 0.29) is 0 Å². The summed E-state index contributed by atoms with van der Waals surface area (Å²) in [5, 5.41) is 0.427. The van der Waals surface area contributed by atoms with Crippen LogP contribution in [0.2, 0.25) is 5.15 Å². The first kappa shape index (κ1) is 12.4. The van der Waals surface area contributed by atoms with E-state index in [0.29, 0.717) is 22.6 Å². The summed E-state index contributed by atoms with van der Waals surface area (Å²) >= 11 is 6.13. The van der Waals surface area contributed by atoms with Crippen molar-refractivity contribution in [2.75, 3.05) is 18.0 Å². The minimum atomic E-state index is 0.427. The maximum atomic E-state index is 11.1. The van der Waals surface area contributed by atoms with Crippen LogP contribution in [0.1, 0.15) is 30.6 Å². The maximum absolute atomic E-state index is 11.1. The van der Waals surface area contributed by atoms with E-state index >= 15 is 0 Å². The van der Waals surface area contributed by atoms with Crippen molar-refractivity contribution in [3.63, 3.8) is 0 Å². The van der Waals surface area contributed by atoms with Crippen molar-refractivity contribution in [2.45, 2.75) is 20.3 Å². The van der Waals surface area contributed by atoms with Gasteiger partial charge in [0.15, 0.2) is 11.4 Å². The van der Waals surface area contributed by atoms with E-state index in [2.05, 4.69) is 23.7 Å². The van der Waals surface area contributed by atoms with Gasteiger partial charge in [0.1, 0.15) is 0 Å². The van der Waals surface area contributed by atoms with Crippen molar-refractivity contribution in [3.05, 3.63) is 23.0 Å². The Morgan fingerprint density at radius 3 is 2.65 bits per heavy atom. The first-order chi connectivity index (χ1) is 8.11. The molecule has 0 radical (unpaired) electrons. The molecular weight excluding hydrogens is 236 g/mol. The van der Waals surface area contributed by atoms with E-state index in [1.807, 2.05) is 0 Å². The largest absolute Gasteiger partial charge is 0.368 e. The summed E-state index contributed by atoms with van der Waals surface area (Å²) in [6.07, 6.45) is 3.66. The van der Waals surface area contributed by atoms with Crippen molar-refractivity contribution >= 4 is 23.6 Å². The molecule has 1 fully saturated rings. The Balaban J connectivity index is 2.35. The van der Waals surface area contributed by atoms with Crippen molar-refractivity contribution < 1.29 is 4.79 Å². The van der Waals surface area contributed by atoms with Crippen LogP contribution >= 0.6 is 11.6 Å². The van der Waals surface area contributed by atoms with E-state index in [1.54, 1.807) is 12.3 Å². The molecule has 1 saturated heterocycles. The lowest BCUT2D eigenvalue weighted by atomic mass is 9.91. The Morgan fingerprint density at radius 2 is 2.06 bits per heavy atom. The van der Waals surface area contributed by atoms with Crippen LogP contribution in [0, 0.1) is 11.8 Å². The second-order valence-electron chi connectivity index (χ2n) is 5.01. The van der Waals surface area contributed by atoms with Crippen LogP contribution in [0.5, 0.6) is 0 Å². The lowest BCUT2D eigenvalue weighted by molar-refractivity contribution is 0.112. The molecule has 0 amide bonds. The first-order valence-electron chi connectivity index (χ1n) is 5.96.